The predicted octanol–water partition coefficient (Wildman–Crippen LogP) is 4.02. The van der Waals surface area contributed by atoms with E-state index in [0.29, 0.717) is 16.4 Å². The Morgan fingerprint density at radius 3 is 2.46 bits per heavy atom. The van der Waals surface area contributed by atoms with Crippen LogP contribution in [0.1, 0.15) is 12.1 Å². The standard InChI is InChI=1S/C19H19Cl2N5OS/c1-13-12-28-19(23-13)25-8-2-7-24(9-10-25)16-11-22-26(18(27)17(16)21)15-5-3-14(20)4-6-15/h3-6,11-12H,2,7-10H2,1H3. The van der Waals surface area contributed by atoms with Crippen LogP contribution in [0.5, 0.6) is 0 Å². The van der Waals surface area contributed by atoms with E-state index in [1.165, 1.54) is 4.68 Å². The van der Waals surface area contributed by atoms with E-state index in [1.807, 2.05) is 6.92 Å². The van der Waals surface area contributed by atoms with Crippen LogP contribution in [0.25, 0.3) is 5.69 Å². The zero-order valence-corrected chi connectivity index (χ0v) is 17.6. The molecule has 4 rings (SSSR count). The maximum Gasteiger partial charge on any atom is 0.292 e. The average molecular weight is 436 g/mol. The van der Waals surface area contributed by atoms with E-state index < -0.39 is 0 Å². The van der Waals surface area contributed by atoms with Crippen LogP contribution in [0.3, 0.4) is 0 Å². The van der Waals surface area contributed by atoms with E-state index in [9.17, 15) is 4.79 Å². The van der Waals surface area contributed by atoms with E-state index in [-0.39, 0.29) is 10.6 Å². The molecule has 0 bridgehead atoms. The maximum absolute atomic E-state index is 12.8. The third-order valence-corrected chi connectivity index (χ3v) is 6.31. The minimum Gasteiger partial charge on any atom is -0.367 e. The zero-order valence-electron chi connectivity index (χ0n) is 15.3. The summed E-state index contributed by atoms with van der Waals surface area (Å²) in [5, 5.41) is 8.23. The minimum atomic E-state index is -0.335. The van der Waals surface area contributed by atoms with E-state index in [4.69, 9.17) is 23.2 Å². The fourth-order valence-electron chi connectivity index (χ4n) is 3.25. The van der Waals surface area contributed by atoms with Crippen molar-refractivity contribution in [1.29, 1.82) is 0 Å². The van der Waals surface area contributed by atoms with Gasteiger partial charge in [0.1, 0.15) is 5.02 Å². The summed E-state index contributed by atoms with van der Waals surface area (Å²) in [5.74, 6) is 0. The molecule has 0 N–H and O–H groups in total. The Balaban J connectivity index is 1.57. The van der Waals surface area contributed by atoms with Crippen LogP contribution in [0, 0.1) is 6.92 Å². The molecular weight excluding hydrogens is 417 g/mol. The second-order valence-electron chi connectivity index (χ2n) is 6.64. The molecule has 1 aliphatic heterocycles. The number of hydrogen-bond acceptors (Lipinski definition) is 6. The lowest BCUT2D eigenvalue weighted by atomic mass is 10.3. The van der Waals surface area contributed by atoms with Crippen molar-refractivity contribution in [1.82, 2.24) is 14.8 Å². The average Bonchev–Trinajstić information content (AvgIpc) is 2.97. The van der Waals surface area contributed by atoms with E-state index in [2.05, 4.69) is 25.3 Å². The summed E-state index contributed by atoms with van der Waals surface area (Å²) in [6.45, 7) is 5.32. The summed E-state index contributed by atoms with van der Waals surface area (Å²) < 4.78 is 1.30. The smallest absolute Gasteiger partial charge is 0.292 e. The van der Waals surface area contributed by atoms with Crippen molar-refractivity contribution in [3.63, 3.8) is 0 Å². The first-order valence-electron chi connectivity index (χ1n) is 8.99. The highest BCUT2D eigenvalue weighted by Gasteiger charge is 2.21. The van der Waals surface area contributed by atoms with Crippen molar-refractivity contribution < 1.29 is 0 Å². The third-order valence-electron chi connectivity index (χ3n) is 4.69. The number of hydrogen-bond donors (Lipinski definition) is 0. The van der Waals surface area contributed by atoms with Gasteiger partial charge in [0.05, 0.1) is 23.3 Å². The largest absolute Gasteiger partial charge is 0.367 e. The first-order chi connectivity index (χ1) is 13.5. The molecule has 2 aromatic heterocycles. The molecule has 1 aliphatic rings. The Hall–Kier alpha value is -2.09. The zero-order chi connectivity index (χ0) is 19.7. The fraction of sp³-hybridized carbons (Fsp3) is 0.316. The normalized spacial score (nSPS) is 15.0. The monoisotopic (exact) mass is 435 g/mol. The summed E-state index contributed by atoms with van der Waals surface area (Å²) in [6, 6.07) is 6.92. The van der Waals surface area contributed by atoms with Gasteiger partial charge in [-0.15, -0.1) is 11.3 Å². The van der Waals surface area contributed by atoms with Crippen molar-refractivity contribution in [2.24, 2.45) is 0 Å². The lowest BCUT2D eigenvalue weighted by Crippen LogP contribution is -2.32. The lowest BCUT2D eigenvalue weighted by molar-refractivity contribution is 0.773. The van der Waals surface area contributed by atoms with Crippen LogP contribution >= 0.6 is 34.5 Å². The van der Waals surface area contributed by atoms with Crippen LogP contribution in [0.4, 0.5) is 10.8 Å². The topological polar surface area (TPSA) is 54.3 Å². The minimum absolute atomic E-state index is 0.184. The highest BCUT2D eigenvalue weighted by Crippen LogP contribution is 2.26. The summed E-state index contributed by atoms with van der Waals surface area (Å²) in [7, 11) is 0. The number of thiazole rings is 1. The third kappa shape index (κ3) is 3.87. The molecule has 0 radical (unpaired) electrons. The van der Waals surface area contributed by atoms with Crippen LogP contribution in [0.2, 0.25) is 10.0 Å². The first kappa shape index (κ1) is 19.2. The molecule has 0 unspecified atom stereocenters. The molecule has 0 aliphatic carbocycles. The molecule has 3 aromatic rings. The van der Waals surface area contributed by atoms with Gasteiger partial charge in [-0.3, -0.25) is 4.79 Å². The summed E-state index contributed by atoms with van der Waals surface area (Å²) in [5.41, 5.74) is 2.01. The van der Waals surface area contributed by atoms with Gasteiger partial charge in [-0.2, -0.15) is 9.78 Å². The van der Waals surface area contributed by atoms with Crippen molar-refractivity contribution in [2.45, 2.75) is 13.3 Å². The Labute approximate surface area is 176 Å². The van der Waals surface area contributed by atoms with Gasteiger partial charge in [-0.25, -0.2) is 4.98 Å². The molecular formula is C19H19Cl2N5OS. The number of rotatable bonds is 3. The van der Waals surface area contributed by atoms with Gasteiger partial charge in [0.15, 0.2) is 5.13 Å². The van der Waals surface area contributed by atoms with Gasteiger partial charge in [0.25, 0.3) is 5.56 Å². The SMILES string of the molecule is Cc1csc(N2CCCN(c3cnn(-c4ccc(Cl)cc4)c(=O)c3Cl)CC2)n1. The van der Waals surface area contributed by atoms with E-state index in [1.54, 1.807) is 41.8 Å². The molecule has 0 saturated carbocycles. The Bertz CT molecular complexity index is 1030. The maximum atomic E-state index is 12.8. The number of nitrogens with zero attached hydrogens (tertiary/aromatic N) is 5. The molecule has 1 saturated heterocycles. The van der Waals surface area contributed by atoms with Crippen LogP contribution in [-0.2, 0) is 0 Å². The Kier molecular flexibility index (Phi) is 5.57. The lowest BCUT2D eigenvalue weighted by Gasteiger charge is -2.24. The van der Waals surface area contributed by atoms with Crippen LogP contribution < -0.4 is 15.4 Å². The molecule has 1 aromatic carbocycles. The van der Waals surface area contributed by atoms with Crippen molar-refractivity contribution >= 4 is 45.4 Å². The van der Waals surface area contributed by atoms with E-state index in [0.717, 1.165) is 43.4 Å². The molecule has 0 spiro atoms. The highest BCUT2D eigenvalue weighted by molar-refractivity contribution is 7.13. The van der Waals surface area contributed by atoms with Gasteiger partial charge in [0, 0.05) is 36.6 Å². The van der Waals surface area contributed by atoms with E-state index >= 15 is 0 Å². The van der Waals surface area contributed by atoms with Gasteiger partial charge in [-0.05, 0) is 37.6 Å². The molecule has 0 atom stereocenters. The first-order valence-corrected chi connectivity index (χ1v) is 10.6. The molecule has 28 heavy (non-hydrogen) atoms. The number of benzene rings is 1. The van der Waals surface area contributed by atoms with Gasteiger partial charge < -0.3 is 9.80 Å². The molecule has 0 amide bonds. The quantitative estimate of drug-likeness (QED) is 0.621. The molecule has 146 valence electrons. The summed E-state index contributed by atoms with van der Waals surface area (Å²) in [4.78, 5) is 21.8. The second-order valence-corrected chi connectivity index (χ2v) is 8.29. The highest BCUT2D eigenvalue weighted by atomic mass is 35.5. The van der Waals surface area contributed by atoms with Crippen LogP contribution in [0.15, 0.2) is 40.6 Å². The molecule has 3 heterocycles. The summed E-state index contributed by atoms with van der Waals surface area (Å²) >= 11 is 14.0. The van der Waals surface area contributed by atoms with Crippen molar-refractivity contribution in [2.75, 3.05) is 36.0 Å². The molecule has 6 nitrogen and oxygen atoms in total. The van der Waals surface area contributed by atoms with Crippen molar-refractivity contribution in [3.05, 3.63) is 61.9 Å². The van der Waals surface area contributed by atoms with Crippen LogP contribution in [-0.4, -0.2) is 40.9 Å². The van der Waals surface area contributed by atoms with Gasteiger partial charge >= 0.3 is 0 Å². The van der Waals surface area contributed by atoms with Gasteiger partial charge in [0.2, 0.25) is 0 Å². The number of aromatic nitrogens is 3. The molecule has 9 heteroatoms. The Morgan fingerprint density at radius 1 is 1.04 bits per heavy atom. The second kappa shape index (κ2) is 8.11. The van der Waals surface area contributed by atoms with Crippen molar-refractivity contribution in [3.8, 4) is 5.69 Å². The Morgan fingerprint density at radius 2 is 1.75 bits per heavy atom. The number of halogens is 2. The molecule has 1 fully saturated rings. The summed E-state index contributed by atoms with van der Waals surface area (Å²) in [6.07, 6.45) is 2.62. The number of anilines is 2. The number of aryl methyl sites for hydroxylation is 1. The van der Waals surface area contributed by atoms with Gasteiger partial charge in [-0.1, -0.05) is 23.2 Å². The fourth-order valence-corrected chi connectivity index (χ4v) is 4.48. The predicted molar refractivity (Wildman–Crippen MR) is 116 cm³/mol.